The van der Waals surface area contributed by atoms with Gasteiger partial charge in [-0.2, -0.15) is 13.9 Å². The zero-order valence-electron chi connectivity index (χ0n) is 17.3. The molecule has 0 radical (unpaired) electrons. The molecule has 0 aliphatic carbocycles. The molecule has 1 N–H and O–H groups in total. The fourth-order valence-corrected chi connectivity index (χ4v) is 3.28. The minimum Gasteiger partial charge on any atom is -0.461 e. The van der Waals surface area contributed by atoms with Crippen LogP contribution in [0.15, 0.2) is 48.7 Å². The Hall–Kier alpha value is -3.53. The molecule has 1 saturated heterocycles. The maximum Gasteiger partial charge on any atom is 0.387 e. The number of halogens is 2. The van der Waals surface area contributed by atoms with E-state index in [1.165, 1.54) is 10.7 Å². The van der Waals surface area contributed by atoms with Crippen LogP contribution in [-0.4, -0.2) is 40.2 Å². The molecule has 0 unspecified atom stereocenters. The summed E-state index contributed by atoms with van der Waals surface area (Å²) in [5.74, 6) is 0.255. The number of alkyl halides is 2. The van der Waals surface area contributed by atoms with Crippen molar-refractivity contribution in [2.45, 2.75) is 39.2 Å². The summed E-state index contributed by atoms with van der Waals surface area (Å²) in [6.07, 6.45) is 2.64. The summed E-state index contributed by atoms with van der Waals surface area (Å²) >= 11 is 0. The number of nitrogens with one attached hydrogen (secondary N) is 1. The smallest absolute Gasteiger partial charge is 0.387 e. The molecule has 1 aromatic carbocycles. The van der Waals surface area contributed by atoms with Crippen LogP contribution in [0.2, 0.25) is 0 Å². The monoisotopic (exact) mass is 444 g/mol. The van der Waals surface area contributed by atoms with Crippen molar-refractivity contribution in [1.29, 1.82) is 0 Å². The Labute approximate surface area is 183 Å². The number of carbonyl (C=O) groups is 1. The van der Waals surface area contributed by atoms with Crippen molar-refractivity contribution in [2.24, 2.45) is 0 Å². The normalized spacial score (nSPS) is 15.7. The second-order valence-electron chi connectivity index (χ2n) is 7.21. The topological polar surface area (TPSA) is 87.5 Å². The zero-order valence-corrected chi connectivity index (χ0v) is 17.3. The first kappa shape index (κ1) is 21.7. The van der Waals surface area contributed by atoms with Crippen LogP contribution < -0.4 is 14.8 Å². The summed E-state index contributed by atoms with van der Waals surface area (Å²) in [7, 11) is 0. The van der Waals surface area contributed by atoms with Gasteiger partial charge in [0.05, 0.1) is 12.3 Å². The molecular formula is C22H22F2N4O4. The molecule has 0 bridgehead atoms. The van der Waals surface area contributed by atoms with E-state index >= 15 is 0 Å². The van der Waals surface area contributed by atoms with E-state index in [0.717, 1.165) is 12.1 Å². The van der Waals surface area contributed by atoms with E-state index < -0.39 is 12.9 Å². The zero-order chi connectivity index (χ0) is 22.5. The van der Waals surface area contributed by atoms with Crippen molar-refractivity contribution in [3.05, 3.63) is 54.4 Å². The number of amides is 1. The number of pyridine rings is 1. The van der Waals surface area contributed by atoms with Crippen LogP contribution in [-0.2, 0) is 16.1 Å². The molecule has 1 aliphatic rings. The molecule has 2 aromatic heterocycles. The maximum atomic E-state index is 12.8. The Balaban J connectivity index is 1.48. The first-order chi connectivity index (χ1) is 15.5. The summed E-state index contributed by atoms with van der Waals surface area (Å²) in [6.45, 7) is -0.598. The highest BCUT2D eigenvalue weighted by Gasteiger charge is 2.21. The van der Waals surface area contributed by atoms with Gasteiger partial charge in [0.2, 0.25) is 5.91 Å². The third-order valence-corrected chi connectivity index (χ3v) is 4.70. The summed E-state index contributed by atoms with van der Waals surface area (Å²) in [5.41, 5.74) is 1.97. The lowest BCUT2D eigenvalue weighted by Gasteiger charge is -2.17. The first-order valence-electron chi connectivity index (χ1n) is 10.1. The standard InChI is InChI=1S/C22H22F2N4O4/c1-14-4-2-5-19(25-14)26-20(29)13-28-10-9-16(27-28)15-7-8-17(32-22(23)24)18(12-15)31-21-6-3-11-30-21/h2,4-5,7-10,12,21-22H,3,6,11,13H2,1H3,(H,25,26,29)/t21-/m0/s1. The lowest BCUT2D eigenvalue weighted by molar-refractivity contribution is -0.116. The van der Waals surface area contributed by atoms with Gasteiger partial charge < -0.3 is 19.5 Å². The van der Waals surface area contributed by atoms with Crippen molar-refractivity contribution in [3.63, 3.8) is 0 Å². The van der Waals surface area contributed by atoms with Gasteiger partial charge >= 0.3 is 6.61 Å². The SMILES string of the molecule is Cc1cccc(NC(=O)Cn2ccc(-c3ccc(OC(F)F)c(O[C@H]4CCCO4)c3)n2)n1. The van der Waals surface area contributed by atoms with E-state index in [4.69, 9.17) is 9.47 Å². The molecule has 8 nitrogen and oxygen atoms in total. The third kappa shape index (κ3) is 5.58. The van der Waals surface area contributed by atoms with Crippen LogP contribution in [0.4, 0.5) is 14.6 Å². The second-order valence-corrected chi connectivity index (χ2v) is 7.21. The fourth-order valence-electron chi connectivity index (χ4n) is 3.28. The number of aryl methyl sites for hydroxylation is 1. The van der Waals surface area contributed by atoms with Crippen molar-refractivity contribution in [3.8, 4) is 22.8 Å². The number of anilines is 1. The van der Waals surface area contributed by atoms with E-state index in [9.17, 15) is 13.6 Å². The Morgan fingerprint density at radius 3 is 2.91 bits per heavy atom. The fraction of sp³-hybridized carbons (Fsp3) is 0.318. The number of carbonyl (C=O) groups excluding carboxylic acids is 1. The van der Waals surface area contributed by atoms with Gasteiger partial charge in [0.25, 0.3) is 0 Å². The average molecular weight is 444 g/mol. The third-order valence-electron chi connectivity index (χ3n) is 4.70. The highest BCUT2D eigenvalue weighted by Crippen LogP contribution is 2.35. The molecule has 32 heavy (non-hydrogen) atoms. The second kappa shape index (κ2) is 9.73. The van der Waals surface area contributed by atoms with Crippen LogP contribution in [0.5, 0.6) is 11.5 Å². The molecule has 1 amide bonds. The largest absolute Gasteiger partial charge is 0.461 e. The number of hydrogen-bond acceptors (Lipinski definition) is 6. The molecule has 1 fully saturated rings. The maximum absolute atomic E-state index is 12.8. The molecule has 4 rings (SSSR count). The predicted octanol–water partition coefficient (Wildman–Crippen LogP) is 4.01. The molecule has 1 aliphatic heterocycles. The van der Waals surface area contributed by atoms with E-state index in [1.54, 1.807) is 30.5 Å². The summed E-state index contributed by atoms with van der Waals surface area (Å²) in [4.78, 5) is 16.5. The first-order valence-corrected chi connectivity index (χ1v) is 10.1. The molecule has 10 heteroatoms. The van der Waals surface area contributed by atoms with Gasteiger partial charge in [-0.05, 0) is 49.7 Å². The Morgan fingerprint density at radius 2 is 2.16 bits per heavy atom. The van der Waals surface area contributed by atoms with E-state index in [1.807, 2.05) is 19.1 Å². The van der Waals surface area contributed by atoms with E-state index in [2.05, 4.69) is 20.1 Å². The lowest BCUT2D eigenvalue weighted by Crippen LogP contribution is -2.19. The Kier molecular flexibility index (Phi) is 6.60. The number of aromatic nitrogens is 3. The minimum atomic E-state index is -2.98. The highest BCUT2D eigenvalue weighted by atomic mass is 19.3. The molecule has 3 aromatic rings. The quantitative estimate of drug-likeness (QED) is 0.565. The number of benzene rings is 1. The van der Waals surface area contributed by atoms with Gasteiger partial charge in [-0.25, -0.2) is 4.98 Å². The number of rotatable bonds is 8. The number of ether oxygens (including phenoxy) is 3. The van der Waals surface area contributed by atoms with Crippen molar-refractivity contribution in [2.75, 3.05) is 11.9 Å². The molecular weight excluding hydrogens is 422 g/mol. The highest BCUT2D eigenvalue weighted by molar-refractivity contribution is 5.89. The van der Waals surface area contributed by atoms with E-state index in [-0.39, 0.29) is 24.0 Å². The van der Waals surface area contributed by atoms with Crippen molar-refractivity contribution >= 4 is 11.7 Å². The summed E-state index contributed by atoms with van der Waals surface area (Å²) in [5, 5.41) is 7.13. The van der Waals surface area contributed by atoms with Gasteiger partial charge in [-0.1, -0.05) is 6.07 Å². The molecule has 1 atom stereocenters. The van der Waals surface area contributed by atoms with Gasteiger partial charge in [-0.15, -0.1) is 0 Å². The van der Waals surface area contributed by atoms with Crippen LogP contribution in [0.3, 0.4) is 0 Å². The minimum absolute atomic E-state index is 0.0124. The Morgan fingerprint density at radius 1 is 1.28 bits per heavy atom. The Bertz CT molecular complexity index is 1080. The molecule has 168 valence electrons. The predicted molar refractivity (Wildman–Crippen MR) is 112 cm³/mol. The van der Waals surface area contributed by atoms with Gasteiger partial charge in [0.1, 0.15) is 12.4 Å². The van der Waals surface area contributed by atoms with Crippen molar-refractivity contribution < 1.29 is 27.8 Å². The number of nitrogens with zero attached hydrogens (tertiary/aromatic N) is 3. The van der Waals surface area contributed by atoms with Crippen molar-refractivity contribution in [1.82, 2.24) is 14.8 Å². The van der Waals surface area contributed by atoms with Crippen LogP contribution in [0.1, 0.15) is 18.5 Å². The molecule has 3 heterocycles. The van der Waals surface area contributed by atoms with Gasteiger partial charge in [0, 0.05) is 23.9 Å². The summed E-state index contributed by atoms with van der Waals surface area (Å²) < 4.78 is 42.8. The molecule has 0 spiro atoms. The summed E-state index contributed by atoms with van der Waals surface area (Å²) in [6, 6.07) is 11.6. The van der Waals surface area contributed by atoms with Crippen LogP contribution in [0, 0.1) is 6.92 Å². The average Bonchev–Trinajstić information content (AvgIpc) is 3.41. The molecule has 0 saturated carbocycles. The van der Waals surface area contributed by atoms with Crippen LogP contribution >= 0.6 is 0 Å². The lowest BCUT2D eigenvalue weighted by atomic mass is 10.1. The number of hydrogen-bond donors (Lipinski definition) is 1. The van der Waals surface area contributed by atoms with E-state index in [0.29, 0.717) is 30.1 Å². The van der Waals surface area contributed by atoms with Gasteiger partial charge in [0.15, 0.2) is 17.8 Å². The van der Waals surface area contributed by atoms with Gasteiger partial charge in [-0.3, -0.25) is 9.48 Å². The van der Waals surface area contributed by atoms with Crippen LogP contribution in [0.25, 0.3) is 11.3 Å².